The molecule has 1 aromatic heterocycles. The zero-order valence-electron chi connectivity index (χ0n) is 7.46. The van der Waals surface area contributed by atoms with Gasteiger partial charge in [-0.2, -0.15) is 4.31 Å². The second-order valence-corrected chi connectivity index (χ2v) is 6.35. The van der Waals surface area contributed by atoms with E-state index in [1.807, 2.05) is 0 Å². The van der Waals surface area contributed by atoms with Crippen LogP contribution in [-0.4, -0.2) is 37.0 Å². The molecule has 0 aromatic carbocycles. The van der Waals surface area contributed by atoms with E-state index >= 15 is 0 Å². The molecule has 14 heavy (non-hydrogen) atoms. The van der Waals surface area contributed by atoms with Crippen molar-refractivity contribution in [3.8, 4) is 0 Å². The smallest absolute Gasteiger partial charge is 0.252 e. The number of β-amino-alcohol motifs (C(OH)–C–C–N with tert-alkyl or cyclic N) is 1. The molecule has 0 spiro atoms. The summed E-state index contributed by atoms with van der Waals surface area (Å²) in [5, 5.41) is 11.0. The fourth-order valence-corrected chi connectivity index (χ4v) is 4.10. The van der Waals surface area contributed by atoms with Gasteiger partial charge in [-0.1, -0.05) is 6.07 Å². The van der Waals surface area contributed by atoms with Gasteiger partial charge in [0.1, 0.15) is 4.21 Å². The maximum absolute atomic E-state index is 11.9. The number of hydrogen-bond donors (Lipinski definition) is 1. The van der Waals surface area contributed by atoms with E-state index in [2.05, 4.69) is 0 Å². The first-order chi connectivity index (χ1) is 6.60. The molecule has 0 radical (unpaired) electrons. The molecular formula is C8H11NO3S2. The van der Waals surface area contributed by atoms with E-state index in [-0.39, 0.29) is 6.54 Å². The van der Waals surface area contributed by atoms with Gasteiger partial charge in [-0.3, -0.25) is 0 Å². The zero-order valence-corrected chi connectivity index (χ0v) is 9.09. The summed E-state index contributed by atoms with van der Waals surface area (Å²) in [6.07, 6.45) is 0.0228. The van der Waals surface area contributed by atoms with Crippen molar-refractivity contribution in [3.63, 3.8) is 0 Å². The standard InChI is InChI=1S/C8H11NO3S2/c10-7-3-4-9(6-7)14(11,12)8-2-1-5-13-8/h1-2,5,7,10H,3-4,6H2/t7-/m0/s1. The predicted molar refractivity (Wildman–Crippen MR) is 53.7 cm³/mol. The molecule has 2 heterocycles. The molecule has 1 fully saturated rings. The van der Waals surface area contributed by atoms with Crippen molar-refractivity contribution in [2.75, 3.05) is 13.1 Å². The van der Waals surface area contributed by atoms with Gasteiger partial charge in [0.05, 0.1) is 6.10 Å². The first-order valence-corrected chi connectivity index (χ1v) is 6.64. The molecule has 0 aliphatic carbocycles. The van der Waals surface area contributed by atoms with E-state index in [1.54, 1.807) is 17.5 Å². The van der Waals surface area contributed by atoms with E-state index in [0.29, 0.717) is 17.2 Å². The Bertz CT molecular complexity index is 398. The highest BCUT2D eigenvalue weighted by Crippen LogP contribution is 2.24. The van der Waals surface area contributed by atoms with Gasteiger partial charge in [0.15, 0.2) is 0 Å². The fraction of sp³-hybridized carbons (Fsp3) is 0.500. The lowest BCUT2D eigenvalue weighted by Gasteiger charge is -2.13. The lowest BCUT2D eigenvalue weighted by atomic mass is 10.3. The number of sulfonamides is 1. The molecule has 1 aliphatic heterocycles. The lowest BCUT2D eigenvalue weighted by molar-refractivity contribution is 0.189. The highest BCUT2D eigenvalue weighted by molar-refractivity contribution is 7.91. The number of hydrogen-bond acceptors (Lipinski definition) is 4. The van der Waals surface area contributed by atoms with Crippen LogP contribution in [0.2, 0.25) is 0 Å². The van der Waals surface area contributed by atoms with Crippen molar-refractivity contribution in [3.05, 3.63) is 17.5 Å². The van der Waals surface area contributed by atoms with Crippen LogP contribution in [0, 0.1) is 0 Å². The Morgan fingerprint density at radius 1 is 1.57 bits per heavy atom. The minimum Gasteiger partial charge on any atom is -0.392 e. The zero-order chi connectivity index (χ0) is 10.2. The number of nitrogens with zero attached hydrogens (tertiary/aromatic N) is 1. The number of thiophene rings is 1. The highest BCUT2D eigenvalue weighted by atomic mass is 32.2. The van der Waals surface area contributed by atoms with Crippen molar-refractivity contribution in [1.82, 2.24) is 4.31 Å². The molecule has 0 amide bonds. The van der Waals surface area contributed by atoms with Crippen LogP contribution in [0.5, 0.6) is 0 Å². The minimum absolute atomic E-state index is 0.222. The van der Waals surface area contributed by atoms with Gasteiger partial charge in [-0.25, -0.2) is 8.42 Å². The summed E-state index contributed by atoms with van der Waals surface area (Å²) in [5.41, 5.74) is 0. The number of rotatable bonds is 2. The maximum atomic E-state index is 11.9. The predicted octanol–water partition coefficient (Wildman–Crippen LogP) is 0.503. The largest absolute Gasteiger partial charge is 0.392 e. The van der Waals surface area contributed by atoms with Gasteiger partial charge in [-0.05, 0) is 17.9 Å². The quantitative estimate of drug-likeness (QED) is 0.809. The van der Waals surface area contributed by atoms with Crippen molar-refractivity contribution in [2.24, 2.45) is 0 Å². The third-order valence-corrected chi connectivity index (χ3v) is 5.45. The first kappa shape index (κ1) is 10.1. The molecule has 0 bridgehead atoms. The van der Waals surface area contributed by atoms with Gasteiger partial charge in [-0.15, -0.1) is 11.3 Å². The SMILES string of the molecule is O=S(=O)(c1cccs1)N1CC[C@H](O)C1. The van der Waals surface area contributed by atoms with Crippen LogP contribution in [-0.2, 0) is 10.0 Å². The Hall–Kier alpha value is -0.430. The van der Waals surface area contributed by atoms with Crippen LogP contribution in [0.1, 0.15) is 6.42 Å². The van der Waals surface area contributed by atoms with Crippen LogP contribution in [0.15, 0.2) is 21.7 Å². The van der Waals surface area contributed by atoms with Crippen molar-refractivity contribution >= 4 is 21.4 Å². The van der Waals surface area contributed by atoms with E-state index in [1.165, 1.54) is 15.6 Å². The fourth-order valence-electron chi connectivity index (χ4n) is 1.47. The average molecular weight is 233 g/mol. The summed E-state index contributed by atoms with van der Waals surface area (Å²) in [6, 6.07) is 3.30. The Kier molecular flexibility index (Phi) is 2.61. The molecule has 1 aliphatic rings. The average Bonchev–Trinajstić information content (AvgIpc) is 2.72. The van der Waals surface area contributed by atoms with Crippen LogP contribution >= 0.6 is 11.3 Å². The molecule has 0 saturated carbocycles. The van der Waals surface area contributed by atoms with Crippen LogP contribution in [0.3, 0.4) is 0 Å². The summed E-state index contributed by atoms with van der Waals surface area (Å²) in [6.45, 7) is 0.641. The normalized spacial score (nSPS) is 24.2. The Labute approximate surface area is 86.8 Å². The number of aliphatic hydroxyl groups excluding tert-OH is 1. The van der Waals surface area contributed by atoms with E-state index in [4.69, 9.17) is 0 Å². The number of aliphatic hydroxyl groups is 1. The topological polar surface area (TPSA) is 57.6 Å². The van der Waals surface area contributed by atoms with Gasteiger partial charge in [0.2, 0.25) is 0 Å². The molecule has 1 saturated heterocycles. The summed E-state index contributed by atoms with van der Waals surface area (Å²) in [5.74, 6) is 0. The Morgan fingerprint density at radius 3 is 2.86 bits per heavy atom. The van der Waals surface area contributed by atoms with Crippen LogP contribution in [0.4, 0.5) is 0 Å². The first-order valence-electron chi connectivity index (χ1n) is 4.32. The molecule has 1 atom stereocenters. The Morgan fingerprint density at radius 2 is 2.36 bits per heavy atom. The molecule has 4 nitrogen and oxygen atoms in total. The lowest BCUT2D eigenvalue weighted by Crippen LogP contribution is -2.29. The molecule has 2 rings (SSSR count). The Balaban J connectivity index is 2.26. The molecule has 78 valence electrons. The third-order valence-electron chi connectivity index (χ3n) is 2.22. The van der Waals surface area contributed by atoms with Crippen molar-refractivity contribution in [2.45, 2.75) is 16.7 Å². The monoisotopic (exact) mass is 233 g/mol. The third kappa shape index (κ3) is 1.70. The van der Waals surface area contributed by atoms with Gasteiger partial charge in [0.25, 0.3) is 10.0 Å². The molecular weight excluding hydrogens is 222 g/mol. The molecule has 6 heteroatoms. The van der Waals surface area contributed by atoms with Crippen molar-refractivity contribution < 1.29 is 13.5 Å². The highest BCUT2D eigenvalue weighted by Gasteiger charge is 2.31. The summed E-state index contributed by atoms with van der Waals surface area (Å²) in [7, 11) is -3.34. The molecule has 1 N–H and O–H groups in total. The minimum atomic E-state index is -3.34. The van der Waals surface area contributed by atoms with Gasteiger partial charge >= 0.3 is 0 Å². The van der Waals surface area contributed by atoms with Gasteiger partial charge in [0, 0.05) is 13.1 Å². The summed E-state index contributed by atoms with van der Waals surface area (Å²) in [4.78, 5) is 0. The molecule has 1 aromatic rings. The van der Waals surface area contributed by atoms with Crippen molar-refractivity contribution in [1.29, 1.82) is 0 Å². The van der Waals surface area contributed by atoms with Crippen LogP contribution < -0.4 is 0 Å². The second kappa shape index (κ2) is 3.62. The maximum Gasteiger partial charge on any atom is 0.252 e. The van der Waals surface area contributed by atoms with E-state index in [9.17, 15) is 13.5 Å². The van der Waals surface area contributed by atoms with Crippen LogP contribution in [0.25, 0.3) is 0 Å². The summed E-state index contributed by atoms with van der Waals surface area (Å²) >= 11 is 1.21. The van der Waals surface area contributed by atoms with E-state index < -0.39 is 16.1 Å². The van der Waals surface area contributed by atoms with Gasteiger partial charge < -0.3 is 5.11 Å². The summed E-state index contributed by atoms with van der Waals surface area (Å²) < 4.78 is 25.4. The molecule has 0 unspecified atom stereocenters. The van der Waals surface area contributed by atoms with E-state index in [0.717, 1.165) is 0 Å². The second-order valence-electron chi connectivity index (χ2n) is 3.24.